The van der Waals surface area contributed by atoms with Crippen LogP contribution in [0, 0.1) is 52.7 Å². The normalized spacial score (nSPS) is 29.4. The summed E-state index contributed by atoms with van der Waals surface area (Å²) in [5.41, 5.74) is 18.9. The summed E-state index contributed by atoms with van der Waals surface area (Å²) in [7, 11) is 1.18. The number of nitrogens with zero attached hydrogens (tertiary/aromatic N) is 4. The Morgan fingerprint density at radius 2 is 1.18 bits per heavy atom. The first-order chi connectivity index (χ1) is 36.1. The molecule has 0 unspecified atom stereocenters. The first-order valence-electron chi connectivity index (χ1n) is 24.8. The Morgan fingerprint density at radius 1 is 0.713 bits per heavy atom. The molecule has 0 saturated heterocycles. The van der Waals surface area contributed by atoms with Crippen molar-refractivity contribution in [2.75, 3.05) is 45.6 Å². The second-order valence-electron chi connectivity index (χ2n) is 22.9. The number of carbonyl (C=O) groups excluding carboxylic acids is 3. The third kappa shape index (κ3) is 12.7. The summed E-state index contributed by atoms with van der Waals surface area (Å²) in [6, 6.07) is 9.37. The van der Waals surface area contributed by atoms with Crippen LogP contribution in [0.25, 0.3) is 0 Å². The van der Waals surface area contributed by atoms with Crippen LogP contribution in [0.2, 0.25) is 25.7 Å². The number of hydrogen-bond acceptors (Lipinski definition) is 18. The SMILES string of the molecule is COC(=O)[C@]12C[C@H]1[C@@](C)(c1cc(N)cc(F)c1F)N=C(N)S2.COC(=O)[C@]12C[C@H]1[C@@](C)(c1cccc(F)c1F)N=C(N(COCC[Si](C)(C)C)C(=O)OC(C)(C)C)S2.C[C@]1(c2cc(N)cc(F)c2F)N=C(N)S[C@@]2(CO)C[C@H]21.[B].[H-].[Li+]. The Morgan fingerprint density at radius 3 is 1.65 bits per heavy atom. The second kappa shape index (κ2) is 23.6. The van der Waals surface area contributed by atoms with Gasteiger partial charge in [0.2, 0.25) is 0 Å². The number of aliphatic hydroxyl groups is 1. The first kappa shape index (κ1) is 66.3. The molecule has 3 aromatic rings. The van der Waals surface area contributed by atoms with Gasteiger partial charge in [0.05, 0.1) is 42.2 Å². The number of aliphatic hydroxyl groups excluding tert-OH is 1. The predicted octanol–water partition coefficient (Wildman–Crippen LogP) is 5.83. The number of ether oxygens (including phenoxy) is 4. The molecule has 3 fully saturated rings. The van der Waals surface area contributed by atoms with Crippen molar-refractivity contribution in [2.24, 2.45) is 44.2 Å². The van der Waals surface area contributed by atoms with Gasteiger partial charge in [-0.25, -0.2) is 36.0 Å². The molecular formula is C52H67BF6LiN8O8S3Si. The van der Waals surface area contributed by atoms with Crippen molar-refractivity contribution >= 4 is 96.7 Å². The molecule has 9 N–H and O–H groups in total. The Labute approximate surface area is 490 Å². The third-order valence-electron chi connectivity index (χ3n) is 14.8. The summed E-state index contributed by atoms with van der Waals surface area (Å²) in [5.74, 6) is -7.87. The fourth-order valence-electron chi connectivity index (χ4n) is 10.5. The molecule has 431 valence electrons. The van der Waals surface area contributed by atoms with Gasteiger partial charge >= 0.3 is 36.9 Å². The van der Waals surface area contributed by atoms with Gasteiger partial charge in [0.25, 0.3) is 0 Å². The number of halogens is 6. The molecule has 3 saturated carbocycles. The van der Waals surface area contributed by atoms with Crippen LogP contribution in [0.4, 0.5) is 42.5 Å². The van der Waals surface area contributed by atoms with Gasteiger partial charge in [-0.15, -0.1) is 0 Å². The molecular weight excluding hydrogens is 1120 g/mol. The molecule has 9 atom stereocenters. The number of aliphatic imine (C=N–C) groups is 3. The van der Waals surface area contributed by atoms with Gasteiger partial charge in [-0.2, -0.15) is 0 Å². The minimum Gasteiger partial charge on any atom is -1.00 e. The Balaban J connectivity index is 0.000000271. The average molecular weight is 1190 g/mol. The predicted molar refractivity (Wildman–Crippen MR) is 301 cm³/mol. The van der Waals surface area contributed by atoms with Crippen LogP contribution >= 0.6 is 35.3 Å². The summed E-state index contributed by atoms with van der Waals surface area (Å²) < 4.78 is 104. The zero-order chi connectivity index (χ0) is 58.1. The van der Waals surface area contributed by atoms with E-state index in [1.54, 1.807) is 41.5 Å². The summed E-state index contributed by atoms with van der Waals surface area (Å²) in [6.45, 7) is 17.1. The Bertz CT molecular complexity index is 3030. The van der Waals surface area contributed by atoms with E-state index in [1.807, 2.05) is 0 Å². The monoisotopic (exact) mass is 1190 g/mol. The number of anilines is 2. The van der Waals surface area contributed by atoms with Crippen molar-refractivity contribution < 1.29 is 85.1 Å². The number of rotatable bonds is 11. The number of carbonyl (C=O) groups is 3. The first-order valence-corrected chi connectivity index (χ1v) is 30.9. The zero-order valence-electron chi connectivity index (χ0n) is 47.7. The molecule has 16 nitrogen and oxygen atoms in total. The number of methoxy groups -OCH3 is 2. The van der Waals surface area contributed by atoms with Crippen LogP contribution in [-0.2, 0) is 45.2 Å². The number of fused-ring (bicyclic) bond motifs is 3. The maximum atomic E-state index is 15.0. The molecule has 0 aromatic heterocycles. The van der Waals surface area contributed by atoms with Crippen LogP contribution in [-0.4, -0.2) is 114 Å². The number of benzene rings is 3. The zero-order valence-corrected chi connectivity index (χ0v) is 50.1. The molecule has 3 aromatic carbocycles. The van der Waals surface area contributed by atoms with E-state index in [9.17, 15) is 41.4 Å². The van der Waals surface area contributed by atoms with E-state index in [-0.39, 0.29) is 97.4 Å². The molecule has 3 aliphatic carbocycles. The van der Waals surface area contributed by atoms with Gasteiger partial charge in [-0.1, -0.05) is 67.1 Å². The number of hydrogen-bond donors (Lipinski definition) is 5. The summed E-state index contributed by atoms with van der Waals surface area (Å²) in [5, 5.41) is 10.1. The van der Waals surface area contributed by atoms with E-state index in [1.165, 1.54) is 55.1 Å². The van der Waals surface area contributed by atoms with Gasteiger partial charge in [-0.3, -0.25) is 24.6 Å². The molecule has 6 aliphatic rings. The van der Waals surface area contributed by atoms with E-state index in [4.69, 9.17) is 46.9 Å². The number of esters is 2. The van der Waals surface area contributed by atoms with E-state index in [0.29, 0.717) is 25.9 Å². The number of amidine groups is 3. The molecule has 3 radical (unpaired) electrons. The topological polar surface area (TPSA) is 253 Å². The fourth-order valence-corrected chi connectivity index (χ4v) is 15.6. The van der Waals surface area contributed by atoms with Gasteiger partial charge in [-0.05, 0) is 97.2 Å². The largest absolute Gasteiger partial charge is 1.00 e. The Hall–Kier alpha value is -4.49. The number of amides is 1. The van der Waals surface area contributed by atoms with Gasteiger partial charge in [0, 0.05) is 68.9 Å². The molecule has 28 heteroatoms. The minimum absolute atomic E-state index is 0. The van der Waals surface area contributed by atoms with Gasteiger partial charge in [0.1, 0.15) is 21.8 Å². The van der Waals surface area contributed by atoms with E-state index < -0.39 is 103 Å². The molecule has 9 rings (SSSR count). The summed E-state index contributed by atoms with van der Waals surface area (Å²) in [4.78, 5) is 52.9. The molecule has 0 spiro atoms. The van der Waals surface area contributed by atoms with E-state index in [0.717, 1.165) is 47.8 Å². The molecule has 1 amide bonds. The summed E-state index contributed by atoms with van der Waals surface area (Å²) in [6.07, 6.45) is 0.719. The molecule has 3 aliphatic heterocycles. The maximum Gasteiger partial charge on any atom is 1.00 e. The minimum atomic E-state index is -1.38. The van der Waals surface area contributed by atoms with Crippen molar-refractivity contribution in [1.29, 1.82) is 0 Å². The van der Waals surface area contributed by atoms with Crippen molar-refractivity contribution in [3.63, 3.8) is 0 Å². The van der Waals surface area contributed by atoms with Crippen molar-refractivity contribution in [3.05, 3.63) is 94.1 Å². The van der Waals surface area contributed by atoms with Crippen LogP contribution in [0.1, 0.15) is 78.9 Å². The quantitative estimate of drug-likeness (QED) is 0.0288. The summed E-state index contributed by atoms with van der Waals surface area (Å²) >= 11 is 3.50. The van der Waals surface area contributed by atoms with Crippen LogP contribution in [0.3, 0.4) is 0 Å². The van der Waals surface area contributed by atoms with Crippen molar-refractivity contribution in [2.45, 2.75) is 123 Å². The number of nitrogen functional groups attached to an aromatic ring is 2. The number of thioether (sulfide) groups is 3. The standard InChI is InChI=1S/C25H36F2N2O5SSi.C14H15F2N3O2S.C13H15F2N3OS.B.Li.H/c1-23(2,3)34-22(31)29(15-33-12-13-36(6,7)8)21-28-24(4,16-10-9-11-17(26)19(16)27)18-14-25(18,35-21)20(30)32-5;1-13(7-3-6(17)4-8(15)10(7)16)9-5-14(9,11(20)21-2)22-12(18)19-13;1-12(7-2-6(16)3-8(14)10(7)15)9-4-13(9,5-19)20-11(17)18-12;;;/h9-11,18H,12-15H2,1-8H3;3-4,9H,5,17H2,1-2H3,(H2,18,19);2-3,9,19H,4-5,16H2,1H3,(H2,17,18);;;/q;;;;+1;-1/t18-,24+,25-;9-,13+,14-;9-,12+,13+;;;/m000.../s1. The second-order valence-corrected chi connectivity index (χ2v) is 32.6. The Kier molecular flexibility index (Phi) is 19.6. The fraction of sp³-hybridized carbons (Fsp3) is 0.538. The van der Waals surface area contributed by atoms with E-state index in [2.05, 4.69) is 29.6 Å². The molecule has 3 heterocycles. The smallest absolute Gasteiger partial charge is 1.00 e. The van der Waals surface area contributed by atoms with Gasteiger partial charge < -0.3 is 48.4 Å². The van der Waals surface area contributed by atoms with Gasteiger partial charge in [0.15, 0.2) is 50.4 Å². The third-order valence-corrected chi connectivity index (χ3v) is 20.6. The molecule has 80 heavy (non-hydrogen) atoms. The van der Waals surface area contributed by atoms with Crippen molar-refractivity contribution in [3.8, 4) is 0 Å². The molecule has 0 bridgehead atoms. The van der Waals surface area contributed by atoms with E-state index >= 15 is 4.39 Å². The number of nitrogens with two attached hydrogens (primary N) is 4. The average Bonchev–Trinajstić information content (AvgIpc) is 4.27. The van der Waals surface area contributed by atoms with Crippen LogP contribution < -0.4 is 41.8 Å². The van der Waals surface area contributed by atoms with Crippen molar-refractivity contribution in [1.82, 2.24) is 4.90 Å². The van der Waals surface area contributed by atoms with Crippen LogP contribution in [0.5, 0.6) is 0 Å². The van der Waals surface area contributed by atoms with Crippen LogP contribution in [0.15, 0.2) is 57.4 Å². The maximum absolute atomic E-state index is 15.0.